The predicted octanol–water partition coefficient (Wildman–Crippen LogP) is 4.53. The lowest BCUT2D eigenvalue weighted by Gasteiger charge is -2.15. The molecule has 1 unspecified atom stereocenters. The number of hydrogen-bond donors (Lipinski definition) is 2. The minimum absolute atomic E-state index is 0.116. The number of anilines is 1. The van der Waals surface area contributed by atoms with Crippen LogP contribution in [0.4, 0.5) is 9.52 Å². The fourth-order valence-corrected chi connectivity index (χ4v) is 4.27. The number of amides is 2. The smallest absolute Gasteiger partial charge is 0.228 e. The van der Waals surface area contributed by atoms with Crippen molar-refractivity contribution in [2.24, 2.45) is 0 Å². The van der Waals surface area contributed by atoms with Crippen molar-refractivity contribution >= 4 is 39.6 Å². The number of rotatable bonds is 6. The van der Waals surface area contributed by atoms with E-state index in [0.29, 0.717) is 10.8 Å². The Balaban J connectivity index is 1.71. The second kappa shape index (κ2) is 8.41. The molecule has 1 atom stereocenters. The molecule has 0 saturated carbocycles. The molecule has 2 amide bonds. The lowest BCUT2D eigenvalue weighted by atomic mass is 10.1. The second-order valence-electron chi connectivity index (χ2n) is 5.95. The van der Waals surface area contributed by atoms with Crippen LogP contribution in [0.3, 0.4) is 0 Å². The normalized spacial score (nSPS) is 11.8. The van der Waals surface area contributed by atoms with Gasteiger partial charge in [-0.2, -0.15) is 0 Å². The summed E-state index contributed by atoms with van der Waals surface area (Å²) < 4.78 is 13.1. The van der Waals surface area contributed by atoms with E-state index in [1.54, 1.807) is 12.1 Å². The summed E-state index contributed by atoms with van der Waals surface area (Å²) in [6, 6.07) is 9.47. The van der Waals surface area contributed by atoms with Crippen LogP contribution in [0.15, 0.2) is 41.8 Å². The Morgan fingerprint density at radius 3 is 2.59 bits per heavy atom. The third-order valence-corrected chi connectivity index (χ3v) is 5.69. The van der Waals surface area contributed by atoms with Gasteiger partial charge in [0.2, 0.25) is 11.8 Å². The molecule has 0 radical (unpaired) electrons. The van der Waals surface area contributed by atoms with Crippen molar-refractivity contribution in [3.8, 4) is 11.3 Å². The van der Waals surface area contributed by atoms with Crippen LogP contribution in [0, 0.1) is 12.7 Å². The van der Waals surface area contributed by atoms with E-state index in [9.17, 15) is 14.0 Å². The first-order chi connectivity index (χ1) is 12.9. The minimum Gasteiger partial charge on any atom is -0.348 e. The first kappa shape index (κ1) is 19.2. The van der Waals surface area contributed by atoms with E-state index in [4.69, 9.17) is 0 Å². The molecular formula is C19H18FN3O2S2. The van der Waals surface area contributed by atoms with Gasteiger partial charge in [0.25, 0.3) is 0 Å². The van der Waals surface area contributed by atoms with E-state index in [-0.39, 0.29) is 30.1 Å². The molecule has 3 rings (SSSR count). The third-order valence-electron chi connectivity index (χ3n) is 3.81. The number of carbonyl (C=O) groups excluding carboxylic acids is 2. The summed E-state index contributed by atoms with van der Waals surface area (Å²) in [7, 11) is 0. The van der Waals surface area contributed by atoms with Crippen LogP contribution in [0.5, 0.6) is 0 Å². The van der Waals surface area contributed by atoms with Crippen LogP contribution in [0.1, 0.15) is 29.1 Å². The Morgan fingerprint density at radius 1 is 1.22 bits per heavy atom. The Bertz CT molecular complexity index is 937. The van der Waals surface area contributed by atoms with Gasteiger partial charge in [-0.05, 0) is 42.6 Å². The maximum absolute atomic E-state index is 13.1. The first-order valence-corrected chi connectivity index (χ1v) is 9.95. The molecule has 8 heteroatoms. The van der Waals surface area contributed by atoms with Gasteiger partial charge in [0.15, 0.2) is 5.13 Å². The quantitative estimate of drug-likeness (QED) is 0.635. The lowest BCUT2D eigenvalue weighted by molar-refractivity contribution is -0.120. The molecule has 0 aliphatic heterocycles. The molecule has 0 aliphatic carbocycles. The number of nitrogens with one attached hydrogen (secondary N) is 2. The van der Waals surface area contributed by atoms with Crippen LogP contribution >= 0.6 is 22.7 Å². The average Bonchev–Trinajstić information content (AvgIpc) is 3.24. The van der Waals surface area contributed by atoms with E-state index in [1.165, 1.54) is 41.7 Å². The van der Waals surface area contributed by atoms with Gasteiger partial charge in [-0.25, -0.2) is 9.37 Å². The highest BCUT2D eigenvalue weighted by Crippen LogP contribution is 2.31. The number of carbonyl (C=O) groups is 2. The van der Waals surface area contributed by atoms with Gasteiger partial charge >= 0.3 is 0 Å². The van der Waals surface area contributed by atoms with Gasteiger partial charge in [-0.3, -0.25) is 9.59 Å². The Morgan fingerprint density at radius 2 is 1.96 bits per heavy atom. The van der Waals surface area contributed by atoms with E-state index in [0.717, 1.165) is 15.3 Å². The van der Waals surface area contributed by atoms with Gasteiger partial charge in [-0.15, -0.1) is 22.7 Å². The van der Waals surface area contributed by atoms with Gasteiger partial charge in [-0.1, -0.05) is 6.07 Å². The largest absolute Gasteiger partial charge is 0.348 e. The maximum atomic E-state index is 13.1. The molecule has 3 aromatic rings. The SMILES string of the molecule is CC(=O)NC(CC(=O)Nc1nc(-c2ccc(F)cc2)c(C)s1)c1cccs1. The van der Waals surface area contributed by atoms with E-state index in [2.05, 4.69) is 15.6 Å². The van der Waals surface area contributed by atoms with Crippen molar-refractivity contribution in [2.45, 2.75) is 26.3 Å². The zero-order valence-corrected chi connectivity index (χ0v) is 16.4. The summed E-state index contributed by atoms with van der Waals surface area (Å²) in [5.41, 5.74) is 1.51. The number of halogens is 1. The number of hydrogen-bond acceptors (Lipinski definition) is 5. The van der Waals surface area contributed by atoms with Crippen molar-refractivity contribution in [3.05, 3.63) is 57.3 Å². The molecule has 2 N–H and O–H groups in total. The average molecular weight is 404 g/mol. The number of nitrogens with zero attached hydrogens (tertiary/aromatic N) is 1. The summed E-state index contributed by atoms with van der Waals surface area (Å²) >= 11 is 2.85. The van der Waals surface area contributed by atoms with Gasteiger partial charge in [0, 0.05) is 22.2 Å². The monoisotopic (exact) mass is 403 g/mol. The highest BCUT2D eigenvalue weighted by Gasteiger charge is 2.19. The van der Waals surface area contributed by atoms with Crippen LogP contribution < -0.4 is 10.6 Å². The zero-order valence-electron chi connectivity index (χ0n) is 14.8. The summed E-state index contributed by atoms with van der Waals surface area (Å²) in [6.07, 6.45) is 0.116. The summed E-state index contributed by atoms with van der Waals surface area (Å²) in [4.78, 5) is 30.2. The summed E-state index contributed by atoms with van der Waals surface area (Å²) in [5.74, 6) is -0.732. The Hall–Kier alpha value is -2.58. The van der Waals surface area contributed by atoms with Crippen molar-refractivity contribution in [1.82, 2.24) is 10.3 Å². The number of aromatic nitrogens is 1. The molecule has 27 heavy (non-hydrogen) atoms. The van der Waals surface area contributed by atoms with Gasteiger partial charge < -0.3 is 10.6 Å². The summed E-state index contributed by atoms with van der Waals surface area (Å²) in [6.45, 7) is 3.33. The van der Waals surface area contributed by atoms with E-state index >= 15 is 0 Å². The molecule has 1 aromatic carbocycles. The molecule has 0 saturated heterocycles. The molecule has 0 fully saturated rings. The Labute approximate surface area is 164 Å². The zero-order chi connectivity index (χ0) is 19.4. The maximum Gasteiger partial charge on any atom is 0.228 e. The molecule has 0 aliphatic rings. The number of thiazole rings is 1. The number of thiophene rings is 1. The topological polar surface area (TPSA) is 71.1 Å². The molecule has 2 heterocycles. The van der Waals surface area contributed by atoms with Crippen LogP contribution in [-0.2, 0) is 9.59 Å². The van der Waals surface area contributed by atoms with E-state index < -0.39 is 0 Å². The highest BCUT2D eigenvalue weighted by molar-refractivity contribution is 7.16. The van der Waals surface area contributed by atoms with Crippen molar-refractivity contribution in [2.75, 3.05) is 5.32 Å². The van der Waals surface area contributed by atoms with Crippen molar-refractivity contribution in [3.63, 3.8) is 0 Å². The molecule has 5 nitrogen and oxygen atoms in total. The van der Waals surface area contributed by atoms with Crippen LogP contribution in [0.2, 0.25) is 0 Å². The number of benzene rings is 1. The first-order valence-electron chi connectivity index (χ1n) is 8.26. The molecule has 0 spiro atoms. The standard InChI is InChI=1S/C19H18FN3O2S2/c1-11-18(13-5-7-14(20)8-6-13)23-19(27-11)22-17(25)10-15(21-12(2)24)16-4-3-9-26-16/h3-9,15H,10H2,1-2H3,(H,21,24)(H,22,23,25). The number of aryl methyl sites for hydroxylation is 1. The van der Waals surface area contributed by atoms with Crippen molar-refractivity contribution in [1.29, 1.82) is 0 Å². The Kier molecular flexibility index (Phi) is 5.98. The molecule has 2 aromatic heterocycles. The molecule has 140 valence electrons. The third kappa shape index (κ3) is 4.99. The molecule has 0 bridgehead atoms. The molecular weight excluding hydrogens is 385 g/mol. The highest BCUT2D eigenvalue weighted by atomic mass is 32.1. The summed E-state index contributed by atoms with van der Waals surface area (Å²) in [5, 5.41) is 7.98. The van der Waals surface area contributed by atoms with E-state index in [1.807, 2.05) is 24.4 Å². The fraction of sp³-hybridized carbons (Fsp3) is 0.211. The lowest BCUT2D eigenvalue weighted by Crippen LogP contribution is -2.29. The van der Waals surface area contributed by atoms with Gasteiger partial charge in [0.05, 0.1) is 18.2 Å². The van der Waals surface area contributed by atoms with Crippen LogP contribution in [0.25, 0.3) is 11.3 Å². The van der Waals surface area contributed by atoms with Crippen molar-refractivity contribution < 1.29 is 14.0 Å². The fourth-order valence-electron chi connectivity index (χ4n) is 2.64. The second-order valence-corrected chi connectivity index (χ2v) is 8.13. The minimum atomic E-state index is -0.375. The predicted molar refractivity (Wildman–Crippen MR) is 106 cm³/mol. The van der Waals surface area contributed by atoms with Gasteiger partial charge in [0.1, 0.15) is 5.82 Å². The van der Waals surface area contributed by atoms with Crippen LogP contribution in [-0.4, -0.2) is 16.8 Å².